The molecule has 2 aromatic carbocycles. The summed E-state index contributed by atoms with van der Waals surface area (Å²) >= 11 is 5.89. The molecule has 11 heteroatoms. The van der Waals surface area contributed by atoms with E-state index >= 15 is 0 Å². The Morgan fingerprint density at radius 2 is 1.45 bits per heavy atom. The van der Waals surface area contributed by atoms with E-state index in [1.165, 1.54) is 0 Å². The number of nitrogens with one attached hydrogen (secondary N) is 1. The number of unbranched alkanes of at least 4 members (excludes halogenated alkanes) is 4. The van der Waals surface area contributed by atoms with Gasteiger partial charge in [-0.15, -0.1) is 11.6 Å². The first kappa shape index (κ1) is 33.0. The van der Waals surface area contributed by atoms with Crippen molar-refractivity contribution in [1.82, 2.24) is 19.7 Å². The maximum absolute atomic E-state index is 13.4. The maximum Gasteiger partial charge on any atom is 0.290 e. The van der Waals surface area contributed by atoms with Crippen molar-refractivity contribution in [3.63, 3.8) is 0 Å². The number of hydrogen-bond acceptors (Lipinski definition) is 8. The summed E-state index contributed by atoms with van der Waals surface area (Å²) in [7, 11) is 6.53. The molecule has 4 rings (SSSR count). The van der Waals surface area contributed by atoms with Gasteiger partial charge in [-0.05, 0) is 43.5 Å². The Bertz CT molecular complexity index is 1510. The monoisotopic (exact) mass is 625 g/mol. The Kier molecular flexibility index (Phi) is 12.2. The average Bonchev–Trinajstić information content (AvgIpc) is 3.42. The number of rotatable bonds is 18. The molecule has 44 heavy (non-hydrogen) atoms. The third-order valence-corrected chi connectivity index (χ3v) is 8.03. The molecule has 2 heterocycles. The predicted molar refractivity (Wildman–Crippen MR) is 175 cm³/mol. The Hall–Kier alpha value is -3.92. The Labute approximate surface area is 264 Å². The zero-order chi connectivity index (χ0) is 31.5. The summed E-state index contributed by atoms with van der Waals surface area (Å²) < 4.78 is 24.4. The summed E-state index contributed by atoms with van der Waals surface area (Å²) in [5.41, 5.74) is 2.73. The number of aryl methyl sites for hydroxylation is 2. The van der Waals surface area contributed by atoms with E-state index < -0.39 is 0 Å². The second-order valence-corrected chi connectivity index (χ2v) is 11.0. The molecule has 2 aromatic heterocycles. The highest BCUT2D eigenvalue weighted by Gasteiger charge is 2.24. The number of halogens is 1. The second-order valence-electron chi connectivity index (χ2n) is 10.7. The van der Waals surface area contributed by atoms with E-state index in [4.69, 9.17) is 35.5 Å². The topological polar surface area (TPSA) is 104 Å². The van der Waals surface area contributed by atoms with E-state index in [9.17, 15) is 4.79 Å². The van der Waals surface area contributed by atoms with Crippen molar-refractivity contribution in [2.24, 2.45) is 0 Å². The van der Waals surface area contributed by atoms with Gasteiger partial charge in [-0.25, -0.2) is 10.1 Å². The van der Waals surface area contributed by atoms with Crippen LogP contribution in [0.5, 0.6) is 23.0 Å². The number of methoxy groups -OCH3 is 4. The van der Waals surface area contributed by atoms with E-state index in [-0.39, 0.29) is 5.56 Å². The fourth-order valence-corrected chi connectivity index (χ4v) is 5.57. The molecular weight excluding hydrogens is 582 g/mol. The van der Waals surface area contributed by atoms with Crippen molar-refractivity contribution in [2.75, 3.05) is 39.2 Å². The van der Waals surface area contributed by atoms with E-state index in [0.29, 0.717) is 65.4 Å². The molecule has 4 aromatic rings. The number of imidazole rings is 1. The van der Waals surface area contributed by atoms with Crippen LogP contribution in [0.1, 0.15) is 62.4 Å². The molecule has 0 bridgehead atoms. The van der Waals surface area contributed by atoms with Gasteiger partial charge in [0.15, 0.2) is 5.82 Å². The molecule has 10 nitrogen and oxygen atoms in total. The standard InChI is InChI=1S/C33H44ClN5O5/c1-6-7-12-29-35-30-31(39(29)18-11-9-8-10-17-34)33(40)37-36-32(30)38(21-23-13-15-25(41-2)19-27(23)43-4)22-24-14-16-26(42-3)20-28(24)44-5/h13-16,19-20H,6-12,17-18,21-22H2,1-5H3,(H,37,40). The molecule has 0 radical (unpaired) electrons. The molecule has 0 fully saturated rings. The summed E-state index contributed by atoms with van der Waals surface area (Å²) in [6.07, 6.45) is 6.81. The van der Waals surface area contributed by atoms with Crippen molar-refractivity contribution in [3.8, 4) is 23.0 Å². The summed E-state index contributed by atoms with van der Waals surface area (Å²) in [4.78, 5) is 20.5. The van der Waals surface area contributed by atoms with Gasteiger partial charge in [0.2, 0.25) is 0 Å². The highest BCUT2D eigenvalue weighted by Crippen LogP contribution is 2.33. The number of ether oxygens (including phenoxy) is 4. The number of alkyl halides is 1. The number of aromatic amines is 1. The van der Waals surface area contributed by atoms with Crippen molar-refractivity contribution in [3.05, 3.63) is 63.7 Å². The SMILES string of the molecule is CCCCc1nc2c(N(Cc3ccc(OC)cc3OC)Cc3ccc(OC)cc3OC)n[nH]c(=O)c2n1CCCCCCCl. The largest absolute Gasteiger partial charge is 0.497 e. The van der Waals surface area contributed by atoms with Gasteiger partial charge in [0.25, 0.3) is 5.56 Å². The molecule has 0 unspecified atom stereocenters. The van der Waals surface area contributed by atoms with Gasteiger partial charge >= 0.3 is 0 Å². The lowest BCUT2D eigenvalue weighted by Gasteiger charge is -2.26. The molecular formula is C33H44ClN5O5. The van der Waals surface area contributed by atoms with E-state index in [2.05, 4.69) is 26.6 Å². The summed E-state index contributed by atoms with van der Waals surface area (Å²) in [5, 5.41) is 7.38. The van der Waals surface area contributed by atoms with Crippen LogP contribution in [0.15, 0.2) is 41.2 Å². The zero-order valence-electron chi connectivity index (χ0n) is 26.5. The maximum atomic E-state index is 13.4. The predicted octanol–water partition coefficient (Wildman–Crippen LogP) is 6.50. The van der Waals surface area contributed by atoms with Gasteiger partial charge in [0.05, 0.1) is 28.4 Å². The van der Waals surface area contributed by atoms with Crippen LogP contribution in [0.25, 0.3) is 11.0 Å². The van der Waals surface area contributed by atoms with Crippen molar-refractivity contribution in [2.45, 2.75) is 71.5 Å². The first-order valence-electron chi connectivity index (χ1n) is 15.2. The van der Waals surface area contributed by atoms with Crippen LogP contribution in [0, 0.1) is 0 Å². The van der Waals surface area contributed by atoms with Crippen LogP contribution < -0.4 is 29.4 Å². The van der Waals surface area contributed by atoms with Crippen LogP contribution in [0.3, 0.4) is 0 Å². The Morgan fingerprint density at radius 1 is 0.841 bits per heavy atom. The van der Waals surface area contributed by atoms with E-state index in [0.717, 1.165) is 61.9 Å². The van der Waals surface area contributed by atoms with Gasteiger partial charge < -0.3 is 28.4 Å². The fourth-order valence-electron chi connectivity index (χ4n) is 5.38. The lowest BCUT2D eigenvalue weighted by Crippen LogP contribution is -2.26. The van der Waals surface area contributed by atoms with Crippen LogP contribution in [-0.4, -0.2) is 54.1 Å². The third kappa shape index (κ3) is 7.77. The number of hydrogen-bond donors (Lipinski definition) is 1. The molecule has 0 saturated carbocycles. The van der Waals surface area contributed by atoms with Gasteiger partial charge in [-0.1, -0.05) is 26.2 Å². The smallest absolute Gasteiger partial charge is 0.290 e. The summed E-state index contributed by atoms with van der Waals surface area (Å²) in [5.74, 6) is 4.91. The Balaban J connectivity index is 1.84. The molecule has 0 aliphatic rings. The van der Waals surface area contributed by atoms with Gasteiger partial charge in [0.1, 0.15) is 39.9 Å². The highest BCUT2D eigenvalue weighted by molar-refractivity contribution is 6.17. The van der Waals surface area contributed by atoms with Crippen molar-refractivity contribution in [1.29, 1.82) is 0 Å². The quantitative estimate of drug-likeness (QED) is 0.0987. The van der Waals surface area contributed by atoms with Gasteiger partial charge in [-0.2, -0.15) is 5.10 Å². The number of anilines is 1. The first-order chi connectivity index (χ1) is 21.5. The number of benzene rings is 2. The van der Waals surface area contributed by atoms with Gasteiger partial charge in [-0.3, -0.25) is 4.79 Å². The number of fused-ring (bicyclic) bond motifs is 1. The third-order valence-electron chi connectivity index (χ3n) is 7.77. The fraction of sp³-hybridized carbons (Fsp3) is 0.485. The minimum Gasteiger partial charge on any atom is -0.497 e. The van der Waals surface area contributed by atoms with E-state index in [1.807, 2.05) is 36.4 Å². The normalized spacial score (nSPS) is 11.1. The lowest BCUT2D eigenvalue weighted by molar-refractivity contribution is 0.389. The molecule has 0 aliphatic carbocycles. The second kappa shape index (κ2) is 16.2. The molecule has 0 spiro atoms. The molecule has 0 amide bonds. The zero-order valence-corrected chi connectivity index (χ0v) is 27.2. The molecule has 1 N–H and O–H groups in total. The number of nitrogens with zero attached hydrogens (tertiary/aromatic N) is 4. The lowest BCUT2D eigenvalue weighted by atomic mass is 10.1. The van der Waals surface area contributed by atoms with Crippen LogP contribution in [0.2, 0.25) is 0 Å². The number of aromatic nitrogens is 4. The molecule has 0 saturated heterocycles. The molecule has 238 valence electrons. The van der Waals surface area contributed by atoms with Crippen molar-refractivity contribution >= 4 is 28.5 Å². The van der Waals surface area contributed by atoms with Gasteiger partial charge in [0, 0.05) is 55.2 Å². The first-order valence-corrected chi connectivity index (χ1v) is 15.7. The van der Waals surface area contributed by atoms with Crippen molar-refractivity contribution < 1.29 is 18.9 Å². The Morgan fingerprint density at radius 3 is 2.00 bits per heavy atom. The minimum atomic E-state index is -0.247. The average molecular weight is 626 g/mol. The van der Waals surface area contributed by atoms with Crippen LogP contribution in [0.4, 0.5) is 5.82 Å². The summed E-state index contributed by atoms with van der Waals surface area (Å²) in [6, 6.07) is 11.5. The van der Waals surface area contributed by atoms with Crippen LogP contribution in [-0.2, 0) is 26.1 Å². The van der Waals surface area contributed by atoms with E-state index in [1.54, 1.807) is 28.4 Å². The number of H-pyrrole nitrogens is 1. The highest BCUT2D eigenvalue weighted by atomic mass is 35.5. The minimum absolute atomic E-state index is 0.247. The molecule has 0 atom stereocenters. The summed E-state index contributed by atoms with van der Waals surface area (Å²) in [6.45, 7) is 3.71. The molecule has 0 aliphatic heterocycles. The van der Waals surface area contributed by atoms with Crippen LogP contribution >= 0.6 is 11.6 Å².